The predicted octanol–water partition coefficient (Wildman–Crippen LogP) is 4.91. The van der Waals surface area contributed by atoms with Gasteiger partial charge in [0.25, 0.3) is 5.91 Å². The summed E-state index contributed by atoms with van der Waals surface area (Å²) in [4.78, 5) is 55.2. The molecule has 11 heteroatoms. The minimum atomic E-state index is -1.18. The van der Waals surface area contributed by atoms with E-state index in [2.05, 4.69) is 15.6 Å². The van der Waals surface area contributed by atoms with E-state index in [1.54, 1.807) is 57.3 Å². The summed E-state index contributed by atoms with van der Waals surface area (Å²) in [6, 6.07) is 20.1. The monoisotopic (exact) mass is 590 g/mol. The van der Waals surface area contributed by atoms with E-state index in [0.29, 0.717) is 12.1 Å². The van der Waals surface area contributed by atoms with Crippen LogP contribution >= 0.6 is 0 Å². The fourth-order valence-electron chi connectivity index (χ4n) is 3.95. The van der Waals surface area contributed by atoms with Crippen molar-refractivity contribution >= 4 is 24.1 Å². The average Bonchev–Trinajstić information content (AvgIpc) is 2.97. The summed E-state index contributed by atoms with van der Waals surface area (Å²) in [6.07, 6.45) is 0.968. The van der Waals surface area contributed by atoms with Crippen LogP contribution in [0.5, 0.6) is 0 Å². The first kappa shape index (κ1) is 32.6. The molecule has 43 heavy (non-hydrogen) atoms. The molecule has 2 aromatic carbocycles. The van der Waals surface area contributed by atoms with E-state index >= 15 is 0 Å². The van der Waals surface area contributed by atoms with E-state index in [1.807, 2.05) is 42.5 Å². The van der Waals surface area contributed by atoms with E-state index in [9.17, 15) is 24.3 Å². The Morgan fingerprint density at radius 3 is 2.23 bits per heavy atom. The van der Waals surface area contributed by atoms with Crippen molar-refractivity contribution in [3.63, 3.8) is 0 Å². The third-order valence-corrected chi connectivity index (χ3v) is 6.08. The van der Waals surface area contributed by atoms with Crippen LogP contribution in [0.1, 0.15) is 60.8 Å². The Kier molecular flexibility index (Phi) is 12.1. The first-order chi connectivity index (χ1) is 20.5. The maximum atomic E-state index is 12.9. The van der Waals surface area contributed by atoms with Crippen molar-refractivity contribution in [2.75, 3.05) is 6.54 Å². The van der Waals surface area contributed by atoms with Gasteiger partial charge in [0.2, 0.25) is 0 Å². The number of pyridine rings is 1. The number of benzene rings is 2. The third kappa shape index (κ3) is 11.8. The molecule has 1 aromatic heterocycles. The number of carboxylic acid groups (broad SMARTS) is 1. The number of nitrogens with one attached hydrogen (secondary N) is 2. The van der Waals surface area contributed by atoms with Crippen LogP contribution in [0, 0.1) is 0 Å². The lowest BCUT2D eigenvalue weighted by Gasteiger charge is -2.27. The molecule has 0 aliphatic carbocycles. The van der Waals surface area contributed by atoms with Crippen LogP contribution in [0.3, 0.4) is 0 Å². The summed E-state index contributed by atoms with van der Waals surface area (Å²) in [6.45, 7) is 6.14. The van der Waals surface area contributed by atoms with Gasteiger partial charge in [0.05, 0.1) is 12.2 Å². The van der Waals surface area contributed by atoms with Crippen LogP contribution in [-0.2, 0) is 34.0 Å². The molecule has 3 amide bonds. The number of aliphatic carboxylic acids is 1. The number of ether oxygens (including phenoxy) is 2. The highest BCUT2D eigenvalue weighted by atomic mass is 16.6. The van der Waals surface area contributed by atoms with Crippen molar-refractivity contribution in [1.29, 1.82) is 0 Å². The largest absolute Gasteiger partial charge is 0.480 e. The third-order valence-electron chi connectivity index (χ3n) is 6.08. The number of hydrogen-bond acceptors (Lipinski definition) is 7. The summed E-state index contributed by atoms with van der Waals surface area (Å²) in [5.74, 6) is -1.73. The number of carbonyl (C=O) groups excluding carboxylic acids is 3. The van der Waals surface area contributed by atoms with E-state index in [0.717, 1.165) is 11.1 Å². The molecule has 1 atom stereocenters. The number of carboxylic acids is 1. The predicted molar refractivity (Wildman–Crippen MR) is 159 cm³/mol. The second-order valence-electron chi connectivity index (χ2n) is 10.8. The SMILES string of the molecule is CC(C)(C)OC(=O)N(Cc1ccc(C(=O)N[C@@H](CCCNC(=O)OCc2ccccc2)C(=O)O)cc1)Cc1ccccn1. The normalized spacial score (nSPS) is 11.6. The number of nitrogens with zero attached hydrogens (tertiary/aromatic N) is 2. The van der Waals surface area contributed by atoms with Gasteiger partial charge >= 0.3 is 18.2 Å². The maximum absolute atomic E-state index is 12.9. The molecule has 3 aromatic rings. The lowest BCUT2D eigenvalue weighted by Crippen LogP contribution is -2.41. The minimum Gasteiger partial charge on any atom is -0.480 e. The Balaban J connectivity index is 1.51. The topological polar surface area (TPSA) is 147 Å². The summed E-state index contributed by atoms with van der Waals surface area (Å²) >= 11 is 0. The molecule has 11 nitrogen and oxygen atoms in total. The summed E-state index contributed by atoms with van der Waals surface area (Å²) in [5, 5.41) is 14.7. The Morgan fingerprint density at radius 2 is 1.60 bits per heavy atom. The highest BCUT2D eigenvalue weighted by Crippen LogP contribution is 2.16. The van der Waals surface area contributed by atoms with Crippen molar-refractivity contribution in [2.24, 2.45) is 0 Å². The number of alkyl carbamates (subject to hydrolysis) is 1. The molecule has 0 aliphatic rings. The van der Waals surface area contributed by atoms with Gasteiger partial charge in [-0.15, -0.1) is 0 Å². The number of carbonyl (C=O) groups is 4. The molecule has 0 spiro atoms. The van der Waals surface area contributed by atoms with Gasteiger partial charge in [-0.1, -0.05) is 48.5 Å². The van der Waals surface area contributed by atoms with Crippen molar-refractivity contribution in [3.05, 3.63) is 101 Å². The Morgan fingerprint density at radius 1 is 0.907 bits per heavy atom. The molecule has 3 N–H and O–H groups in total. The lowest BCUT2D eigenvalue weighted by molar-refractivity contribution is -0.139. The molecule has 0 unspecified atom stereocenters. The Bertz CT molecular complexity index is 1340. The van der Waals surface area contributed by atoms with E-state index in [-0.39, 0.29) is 38.2 Å². The molecule has 0 fully saturated rings. The Hall–Kier alpha value is -4.93. The van der Waals surface area contributed by atoms with Crippen LogP contribution in [0.15, 0.2) is 79.0 Å². The quantitative estimate of drug-likeness (QED) is 0.238. The zero-order valence-electron chi connectivity index (χ0n) is 24.6. The first-order valence-corrected chi connectivity index (χ1v) is 13.9. The maximum Gasteiger partial charge on any atom is 0.410 e. The van der Waals surface area contributed by atoms with Crippen molar-refractivity contribution in [3.8, 4) is 0 Å². The highest BCUT2D eigenvalue weighted by Gasteiger charge is 2.24. The average molecular weight is 591 g/mol. The fraction of sp³-hybridized carbons (Fsp3) is 0.344. The van der Waals surface area contributed by atoms with Crippen molar-refractivity contribution < 1.29 is 33.8 Å². The second kappa shape index (κ2) is 15.9. The van der Waals surface area contributed by atoms with E-state index in [4.69, 9.17) is 9.47 Å². The van der Waals surface area contributed by atoms with Crippen LogP contribution < -0.4 is 10.6 Å². The minimum absolute atomic E-state index is 0.108. The number of rotatable bonds is 13. The van der Waals surface area contributed by atoms with Gasteiger partial charge < -0.3 is 25.2 Å². The van der Waals surface area contributed by atoms with Crippen molar-refractivity contribution in [1.82, 2.24) is 20.5 Å². The number of amides is 3. The molecule has 0 bridgehead atoms. The van der Waals surface area contributed by atoms with Gasteiger partial charge in [-0.25, -0.2) is 14.4 Å². The second-order valence-corrected chi connectivity index (χ2v) is 10.8. The zero-order valence-corrected chi connectivity index (χ0v) is 24.6. The van der Waals surface area contributed by atoms with Gasteiger partial charge in [0.15, 0.2) is 0 Å². The molecule has 1 heterocycles. The highest BCUT2D eigenvalue weighted by molar-refractivity contribution is 5.96. The summed E-state index contributed by atoms with van der Waals surface area (Å²) < 4.78 is 10.7. The molecule has 0 saturated heterocycles. The van der Waals surface area contributed by atoms with Gasteiger partial charge in [0, 0.05) is 24.8 Å². The molecular weight excluding hydrogens is 552 g/mol. The zero-order chi connectivity index (χ0) is 31.2. The molecule has 3 rings (SSSR count). The van der Waals surface area contributed by atoms with Gasteiger partial charge in [-0.3, -0.25) is 14.7 Å². The molecule has 0 saturated carbocycles. The number of hydrogen-bond donors (Lipinski definition) is 3. The van der Waals surface area contributed by atoms with Gasteiger partial charge in [0.1, 0.15) is 18.2 Å². The summed E-state index contributed by atoms with van der Waals surface area (Å²) in [5.41, 5.74) is 1.89. The smallest absolute Gasteiger partial charge is 0.410 e. The number of aromatic nitrogens is 1. The standard InChI is InChI=1S/C32H38N4O7/c1-32(2,3)43-31(41)36(21-26-12-7-8-18-33-26)20-23-14-16-25(17-15-23)28(37)35-27(29(38)39)13-9-19-34-30(40)42-22-24-10-5-4-6-11-24/h4-8,10-12,14-18,27H,9,13,19-22H2,1-3H3,(H,34,40)(H,35,37)(H,38,39)/t27-/m0/s1. The van der Waals surface area contributed by atoms with Crippen LogP contribution in [-0.4, -0.2) is 57.2 Å². The molecule has 0 aliphatic heterocycles. The van der Waals surface area contributed by atoms with Gasteiger partial charge in [-0.05, 0) is 69.0 Å². The van der Waals surface area contributed by atoms with E-state index < -0.39 is 35.7 Å². The van der Waals surface area contributed by atoms with Crippen LogP contribution in [0.4, 0.5) is 9.59 Å². The summed E-state index contributed by atoms with van der Waals surface area (Å²) in [7, 11) is 0. The van der Waals surface area contributed by atoms with Gasteiger partial charge in [-0.2, -0.15) is 0 Å². The lowest BCUT2D eigenvalue weighted by atomic mass is 10.1. The molecule has 228 valence electrons. The molecular formula is C32H38N4O7. The first-order valence-electron chi connectivity index (χ1n) is 13.9. The molecule has 0 radical (unpaired) electrons. The van der Waals surface area contributed by atoms with Crippen LogP contribution in [0.25, 0.3) is 0 Å². The van der Waals surface area contributed by atoms with Crippen LogP contribution in [0.2, 0.25) is 0 Å². The van der Waals surface area contributed by atoms with E-state index in [1.165, 1.54) is 4.90 Å². The van der Waals surface area contributed by atoms with Crippen molar-refractivity contribution in [2.45, 2.75) is 65.0 Å². The fourth-order valence-corrected chi connectivity index (χ4v) is 3.95. The Labute approximate surface area is 251 Å².